The topological polar surface area (TPSA) is 79.0 Å². The summed E-state index contributed by atoms with van der Waals surface area (Å²) in [4.78, 5) is 12.3. The Morgan fingerprint density at radius 1 is 1.15 bits per heavy atom. The number of carbonyl (C=O) groups is 1. The molecule has 27 heavy (non-hydrogen) atoms. The summed E-state index contributed by atoms with van der Waals surface area (Å²) in [7, 11) is 0.338. The molecule has 2 rings (SSSR count). The highest BCUT2D eigenvalue weighted by Crippen LogP contribution is 2.19. The second-order valence-corrected chi connectivity index (χ2v) is 7.97. The normalized spacial score (nSPS) is 11.3. The first-order valence-electron chi connectivity index (χ1n) is 8.09. The molecule has 9 heteroatoms. The summed E-state index contributed by atoms with van der Waals surface area (Å²) in [5.74, 6) is -0.333. The molecular formula is C18H22FN3O4S. The Labute approximate surface area is 158 Å². The van der Waals surface area contributed by atoms with Crippen LogP contribution in [0.1, 0.15) is 5.56 Å². The molecular weight excluding hydrogens is 373 g/mol. The van der Waals surface area contributed by atoms with Crippen molar-refractivity contribution in [2.75, 3.05) is 32.1 Å². The minimum Gasteiger partial charge on any atom is -0.497 e. The third kappa shape index (κ3) is 5.41. The zero-order chi connectivity index (χ0) is 20.0. The lowest BCUT2D eigenvalue weighted by Crippen LogP contribution is -2.45. The van der Waals surface area contributed by atoms with Crippen molar-refractivity contribution in [2.24, 2.45) is 0 Å². The Morgan fingerprint density at radius 2 is 1.81 bits per heavy atom. The fourth-order valence-corrected chi connectivity index (χ4v) is 3.34. The van der Waals surface area contributed by atoms with Crippen LogP contribution >= 0.6 is 0 Å². The van der Waals surface area contributed by atoms with Crippen molar-refractivity contribution in [2.45, 2.75) is 6.54 Å². The van der Waals surface area contributed by atoms with Gasteiger partial charge in [0.1, 0.15) is 18.1 Å². The van der Waals surface area contributed by atoms with Crippen LogP contribution in [-0.4, -0.2) is 46.4 Å². The quantitative estimate of drug-likeness (QED) is 0.739. The molecule has 7 nitrogen and oxygen atoms in total. The first kappa shape index (κ1) is 20.7. The second kappa shape index (κ2) is 8.83. The molecule has 0 aliphatic carbocycles. The highest BCUT2D eigenvalue weighted by Gasteiger charge is 2.27. The molecule has 0 saturated heterocycles. The van der Waals surface area contributed by atoms with Crippen molar-refractivity contribution in [3.8, 4) is 5.75 Å². The van der Waals surface area contributed by atoms with Gasteiger partial charge in [0, 0.05) is 20.6 Å². The highest BCUT2D eigenvalue weighted by molar-refractivity contribution is 7.90. The zero-order valence-corrected chi connectivity index (χ0v) is 16.2. The molecule has 1 N–H and O–H groups in total. The van der Waals surface area contributed by atoms with Crippen LogP contribution in [0.5, 0.6) is 5.75 Å². The van der Waals surface area contributed by atoms with Gasteiger partial charge in [-0.3, -0.25) is 4.79 Å². The highest BCUT2D eigenvalue weighted by atomic mass is 32.2. The van der Waals surface area contributed by atoms with Crippen LogP contribution < -0.4 is 14.4 Å². The predicted molar refractivity (Wildman–Crippen MR) is 101 cm³/mol. The number of rotatable bonds is 8. The number of methoxy groups -OCH3 is 1. The van der Waals surface area contributed by atoms with Crippen molar-refractivity contribution in [1.29, 1.82) is 0 Å². The number of nitrogens with one attached hydrogen (secondary N) is 1. The Morgan fingerprint density at radius 3 is 2.41 bits per heavy atom. The van der Waals surface area contributed by atoms with E-state index >= 15 is 0 Å². The lowest BCUT2D eigenvalue weighted by atomic mass is 10.2. The van der Waals surface area contributed by atoms with E-state index < -0.39 is 28.5 Å². The van der Waals surface area contributed by atoms with Crippen molar-refractivity contribution in [3.63, 3.8) is 0 Å². The Balaban J connectivity index is 2.14. The van der Waals surface area contributed by atoms with E-state index in [0.29, 0.717) is 5.75 Å². The number of benzene rings is 2. The van der Waals surface area contributed by atoms with E-state index in [1.807, 2.05) is 6.07 Å². The van der Waals surface area contributed by atoms with E-state index in [1.54, 1.807) is 25.3 Å². The van der Waals surface area contributed by atoms with Gasteiger partial charge in [-0.05, 0) is 42.0 Å². The van der Waals surface area contributed by atoms with E-state index in [9.17, 15) is 17.6 Å². The monoisotopic (exact) mass is 395 g/mol. The average Bonchev–Trinajstić information content (AvgIpc) is 2.65. The smallest absolute Gasteiger partial charge is 0.304 e. The van der Waals surface area contributed by atoms with E-state index in [4.69, 9.17) is 4.74 Å². The van der Waals surface area contributed by atoms with Gasteiger partial charge < -0.3 is 10.1 Å². The van der Waals surface area contributed by atoms with Crippen molar-refractivity contribution < 1.29 is 22.3 Å². The van der Waals surface area contributed by atoms with Crippen LogP contribution in [0.15, 0.2) is 48.5 Å². The molecule has 146 valence electrons. The lowest BCUT2D eigenvalue weighted by Gasteiger charge is -2.26. The maximum Gasteiger partial charge on any atom is 0.304 e. The Hall–Kier alpha value is -2.65. The summed E-state index contributed by atoms with van der Waals surface area (Å²) in [6.45, 7) is -0.217. The Bertz CT molecular complexity index is 886. The standard InChI is InChI=1S/C18H22FN3O4S/c1-21(2)27(24,25)22(16-9-7-15(19)8-10-16)13-18(23)20-12-14-5-4-6-17(11-14)26-3/h4-11H,12-13H2,1-3H3,(H,20,23). The van der Waals surface area contributed by atoms with Crippen molar-refractivity contribution >= 4 is 21.8 Å². The third-order valence-corrected chi connectivity index (χ3v) is 5.59. The summed E-state index contributed by atoms with van der Waals surface area (Å²) in [5.41, 5.74) is 1.01. The second-order valence-electron chi connectivity index (χ2n) is 5.90. The van der Waals surface area contributed by atoms with E-state index in [1.165, 1.54) is 26.2 Å². The maximum absolute atomic E-state index is 13.2. The van der Waals surface area contributed by atoms with Crippen LogP contribution in [0.4, 0.5) is 10.1 Å². The van der Waals surface area contributed by atoms with Gasteiger partial charge >= 0.3 is 10.2 Å². The molecule has 1 amide bonds. The van der Waals surface area contributed by atoms with Gasteiger partial charge in [0.15, 0.2) is 0 Å². The molecule has 0 atom stereocenters. The molecule has 0 spiro atoms. The van der Waals surface area contributed by atoms with Gasteiger partial charge in [0.25, 0.3) is 0 Å². The van der Waals surface area contributed by atoms with Crippen molar-refractivity contribution in [1.82, 2.24) is 9.62 Å². The molecule has 2 aromatic rings. The third-order valence-electron chi connectivity index (χ3n) is 3.77. The molecule has 0 aliphatic heterocycles. The van der Waals surface area contributed by atoms with Crippen LogP contribution in [0.2, 0.25) is 0 Å². The summed E-state index contributed by atoms with van der Waals surface area (Å²) in [6, 6.07) is 12.1. The SMILES string of the molecule is COc1cccc(CNC(=O)CN(c2ccc(F)cc2)S(=O)(=O)N(C)C)c1. The number of hydrogen-bond acceptors (Lipinski definition) is 4. The molecule has 0 unspecified atom stereocenters. The summed E-state index contributed by atoms with van der Waals surface area (Å²) in [5, 5.41) is 2.68. The number of amides is 1. The number of anilines is 1. The maximum atomic E-state index is 13.2. The fraction of sp³-hybridized carbons (Fsp3) is 0.278. The van der Waals surface area contributed by atoms with Gasteiger partial charge in [-0.2, -0.15) is 12.7 Å². The van der Waals surface area contributed by atoms with Crippen LogP contribution in [0.25, 0.3) is 0 Å². The largest absolute Gasteiger partial charge is 0.497 e. The number of ether oxygens (including phenoxy) is 1. The van der Waals surface area contributed by atoms with Crippen molar-refractivity contribution in [3.05, 3.63) is 59.9 Å². The number of nitrogens with zero attached hydrogens (tertiary/aromatic N) is 2. The zero-order valence-electron chi connectivity index (χ0n) is 15.3. The summed E-state index contributed by atoms with van der Waals surface area (Å²) >= 11 is 0. The van der Waals surface area contributed by atoms with Gasteiger partial charge in [0.2, 0.25) is 5.91 Å². The number of hydrogen-bond donors (Lipinski definition) is 1. The Kier molecular flexibility index (Phi) is 6.75. The van der Waals surface area contributed by atoms with E-state index in [-0.39, 0.29) is 12.2 Å². The molecule has 0 aliphatic rings. The molecule has 0 fully saturated rings. The number of halogens is 1. The lowest BCUT2D eigenvalue weighted by molar-refractivity contribution is -0.119. The van der Waals surface area contributed by atoms with Gasteiger partial charge in [-0.15, -0.1) is 0 Å². The minimum atomic E-state index is -3.93. The number of carbonyl (C=O) groups excluding carboxylic acids is 1. The molecule has 0 bridgehead atoms. The first-order valence-corrected chi connectivity index (χ1v) is 9.49. The predicted octanol–water partition coefficient (Wildman–Crippen LogP) is 1.76. The minimum absolute atomic E-state index is 0.196. The van der Waals surface area contributed by atoms with Gasteiger partial charge in [-0.25, -0.2) is 8.70 Å². The molecule has 2 aromatic carbocycles. The summed E-state index contributed by atoms with van der Waals surface area (Å²) < 4.78 is 45.4. The van der Waals surface area contributed by atoms with Crippen LogP contribution in [-0.2, 0) is 21.5 Å². The van der Waals surface area contributed by atoms with Crippen LogP contribution in [0, 0.1) is 5.82 Å². The average molecular weight is 395 g/mol. The van der Waals surface area contributed by atoms with Crippen LogP contribution in [0.3, 0.4) is 0 Å². The van der Waals surface area contributed by atoms with E-state index in [2.05, 4.69) is 5.32 Å². The molecule has 0 saturated carbocycles. The van der Waals surface area contributed by atoms with E-state index in [0.717, 1.165) is 26.3 Å². The molecule has 0 aromatic heterocycles. The fourth-order valence-electron chi connectivity index (χ4n) is 2.28. The summed E-state index contributed by atoms with van der Waals surface area (Å²) in [6.07, 6.45) is 0. The first-order chi connectivity index (χ1) is 12.7. The van der Waals surface area contributed by atoms with Gasteiger partial charge in [0.05, 0.1) is 12.8 Å². The molecule has 0 radical (unpaired) electrons. The molecule has 0 heterocycles. The van der Waals surface area contributed by atoms with Gasteiger partial charge in [-0.1, -0.05) is 12.1 Å².